The van der Waals surface area contributed by atoms with Crippen molar-refractivity contribution in [3.63, 3.8) is 0 Å². The number of nitrogens with one attached hydrogen (secondary N) is 1. The standard InChI is InChI=1S/C13H15N3O4S/c14-6-5-10-1-3-11(4-2-10)21(19,20)16-8-7-15-9-12(16)13(17)18/h1-4,12,15H,5,7-9H2,(H,17,18). The molecule has 1 atom stereocenters. The van der Waals surface area contributed by atoms with E-state index in [-0.39, 0.29) is 24.4 Å². The topological polar surface area (TPSA) is 111 Å². The third-order valence-corrected chi connectivity index (χ3v) is 5.21. The Balaban J connectivity index is 2.31. The quantitative estimate of drug-likeness (QED) is 0.797. The number of hydrogen-bond acceptors (Lipinski definition) is 5. The number of carbonyl (C=O) groups is 1. The van der Waals surface area contributed by atoms with Gasteiger partial charge in [-0.3, -0.25) is 4.79 Å². The zero-order chi connectivity index (χ0) is 15.5. The van der Waals surface area contributed by atoms with Gasteiger partial charge in [0.2, 0.25) is 10.0 Å². The average Bonchev–Trinajstić information content (AvgIpc) is 2.48. The summed E-state index contributed by atoms with van der Waals surface area (Å²) >= 11 is 0. The van der Waals surface area contributed by atoms with Gasteiger partial charge in [0.15, 0.2) is 0 Å². The van der Waals surface area contributed by atoms with Crippen molar-refractivity contribution in [3.05, 3.63) is 29.8 Å². The van der Waals surface area contributed by atoms with Crippen LogP contribution in [0, 0.1) is 11.3 Å². The normalized spacial score (nSPS) is 19.9. The number of carboxylic acid groups (broad SMARTS) is 1. The third-order valence-electron chi connectivity index (χ3n) is 3.29. The van der Waals surface area contributed by atoms with E-state index < -0.39 is 22.0 Å². The van der Waals surface area contributed by atoms with Crippen molar-refractivity contribution in [1.82, 2.24) is 9.62 Å². The predicted molar refractivity (Wildman–Crippen MR) is 73.9 cm³/mol. The summed E-state index contributed by atoms with van der Waals surface area (Å²) in [5, 5.41) is 20.6. The number of rotatable bonds is 4. The van der Waals surface area contributed by atoms with Gasteiger partial charge < -0.3 is 10.4 Å². The minimum absolute atomic E-state index is 0.0392. The number of carboxylic acids is 1. The van der Waals surface area contributed by atoms with E-state index in [2.05, 4.69) is 5.32 Å². The lowest BCUT2D eigenvalue weighted by atomic mass is 10.2. The Morgan fingerprint density at radius 3 is 2.67 bits per heavy atom. The van der Waals surface area contributed by atoms with Crippen LogP contribution in [-0.2, 0) is 21.2 Å². The SMILES string of the molecule is N#CCc1ccc(S(=O)(=O)N2CCNCC2C(=O)O)cc1. The Morgan fingerprint density at radius 1 is 1.43 bits per heavy atom. The number of nitrogens with zero attached hydrogens (tertiary/aromatic N) is 2. The van der Waals surface area contributed by atoms with Gasteiger partial charge in [-0.25, -0.2) is 8.42 Å². The van der Waals surface area contributed by atoms with Gasteiger partial charge in [-0.05, 0) is 17.7 Å². The van der Waals surface area contributed by atoms with Crippen molar-refractivity contribution >= 4 is 16.0 Å². The van der Waals surface area contributed by atoms with Crippen LogP contribution in [0.4, 0.5) is 0 Å². The van der Waals surface area contributed by atoms with E-state index in [1.54, 1.807) is 12.1 Å². The summed E-state index contributed by atoms with van der Waals surface area (Å²) in [4.78, 5) is 11.2. The van der Waals surface area contributed by atoms with Gasteiger partial charge in [0, 0.05) is 19.6 Å². The van der Waals surface area contributed by atoms with Crippen LogP contribution < -0.4 is 5.32 Å². The fourth-order valence-corrected chi connectivity index (χ4v) is 3.77. The lowest BCUT2D eigenvalue weighted by Gasteiger charge is -2.32. The molecule has 1 aliphatic rings. The number of piperazine rings is 1. The fraction of sp³-hybridized carbons (Fsp3) is 0.385. The highest BCUT2D eigenvalue weighted by Gasteiger charge is 2.37. The first-order valence-corrected chi connectivity index (χ1v) is 7.82. The zero-order valence-electron chi connectivity index (χ0n) is 11.2. The highest BCUT2D eigenvalue weighted by atomic mass is 32.2. The molecule has 8 heteroatoms. The Morgan fingerprint density at radius 2 is 2.10 bits per heavy atom. The maximum atomic E-state index is 12.5. The molecular formula is C13H15N3O4S. The highest BCUT2D eigenvalue weighted by Crippen LogP contribution is 2.20. The van der Waals surface area contributed by atoms with Crippen LogP contribution >= 0.6 is 0 Å². The second-order valence-electron chi connectivity index (χ2n) is 4.65. The van der Waals surface area contributed by atoms with E-state index in [1.807, 2.05) is 6.07 Å². The number of sulfonamides is 1. The van der Waals surface area contributed by atoms with Crippen molar-refractivity contribution in [2.24, 2.45) is 0 Å². The summed E-state index contributed by atoms with van der Waals surface area (Å²) in [5.41, 5.74) is 0.714. The first-order valence-electron chi connectivity index (χ1n) is 6.38. The molecule has 0 aromatic heterocycles. The molecule has 1 fully saturated rings. The van der Waals surface area contributed by atoms with E-state index >= 15 is 0 Å². The van der Waals surface area contributed by atoms with Crippen LogP contribution in [0.5, 0.6) is 0 Å². The smallest absolute Gasteiger partial charge is 0.323 e. The average molecular weight is 309 g/mol. The number of nitriles is 1. The number of benzene rings is 1. The summed E-state index contributed by atoms with van der Waals surface area (Å²) in [6.07, 6.45) is 0.200. The molecule has 1 aromatic carbocycles. The molecule has 0 radical (unpaired) electrons. The Bertz CT molecular complexity index is 664. The van der Waals surface area contributed by atoms with Crippen molar-refractivity contribution < 1.29 is 18.3 Å². The van der Waals surface area contributed by atoms with Gasteiger partial charge in [0.1, 0.15) is 6.04 Å². The van der Waals surface area contributed by atoms with Crippen molar-refractivity contribution in [3.8, 4) is 6.07 Å². The fourth-order valence-electron chi connectivity index (χ4n) is 2.19. The van der Waals surface area contributed by atoms with E-state index in [0.717, 1.165) is 4.31 Å². The lowest BCUT2D eigenvalue weighted by molar-refractivity contribution is -0.141. The van der Waals surface area contributed by atoms with Crippen LogP contribution in [0.15, 0.2) is 29.2 Å². The van der Waals surface area contributed by atoms with Gasteiger partial charge in [0.05, 0.1) is 17.4 Å². The largest absolute Gasteiger partial charge is 0.480 e. The second-order valence-corrected chi connectivity index (χ2v) is 6.54. The minimum atomic E-state index is -3.86. The van der Waals surface area contributed by atoms with Crippen LogP contribution in [0.1, 0.15) is 5.56 Å². The maximum absolute atomic E-state index is 12.5. The van der Waals surface area contributed by atoms with Crippen LogP contribution in [0.25, 0.3) is 0 Å². The molecule has 0 bridgehead atoms. The molecule has 0 aliphatic carbocycles. The summed E-state index contributed by atoms with van der Waals surface area (Å²) in [5.74, 6) is -1.17. The Labute approximate surface area is 122 Å². The Kier molecular flexibility index (Phi) is 4.57. The first kappa shape index (κ1) is 15.4. The van der Waals surface area contributed by atoms with Gasteiger partial charge >= 0.3 is 5.97 Å². The zero-order valence-corrected chi connectivity index (χ0v) is 12.0. The number of aliphatic carboxylic acids is 1. The molecule has 2 rings (SSSR count). The molecular weight excluding hydrogens is 294 g/mol. The van der Waals surface area contributed by atoms with Gasteiger partial charge in [-0.15, -0.1) is 0 Å². The molecule has 7 nitrogen and oxygen atoms in total. The summed E-state index contributed by atoms with van der Waals surface area (Å²) < 4.78 is 26.1. The van der Waals surface area contributed by atoms with E-state index in [1.165, 1.54) is 12.1 Å². The molecule has 1 saturated heterocycles. The molecule has 0 saturated carbocycles. The van der Waals surface area contributed by atoms with Gasteiger partial charge in [0.25, 0.3) is 0 Å². The molecule has 1 aliphatic heterocycles. The molecule has 1 aromatic rings. The summed E-state index contributed by atoms with van der Waals surface area (Å²) in [6.45, 7) is 0.607. The minimum Gasteiger partial charge on any atom is -0.480 e. The molecule has 21 heavy (non-hydrogen) atoms. The second kappa shape index (κ2) is 6.22. The first-order chi connectivity index (χ1) is 9.96. The summed E-state index contributed by atoms with van der Waals surface area (Å²) in [6, 6.07) is 6.81. The van der Waals surface area contributed by atoms with Gasteiger partial charge in [-0.1, -0.05) is 12.1 Å². The van der Waals surface area contributed by atoms with E-state index in [9.17, 15) is 13.2 Å². The van der Waals surface area contributed by atoms with Crippen molar-refractivity contribution in [2.75, 3.05) is 19.6 Å². The lowest BCUT2D eigenvalue weighted by Crippen LogP contribution is -2.56. The monoisotopic (exact) mass is 309 g/mol. The predicted octanol–water partition coefficient (Wildman–Crippen LogP) is -0.200. The number of hydrogen-bond donors (Lipinski definition) is 2. The van der Waals surface area contributed by atoms with Crippen LogP contribution in [0.2, 0.25) is 0 Å². The Hall–Kier alpha value is -1.95. The highest BCUT2D eigenvalue weighted by molar-refractivity contribution is 7.89. The van der Waals surface area contributed by atoms with E-state index in [0.29, 0.717) is 12.1 Å². The molecule has 112 valence electrons. The van der Waals surface area contributed by atoms with Crippen molar-refractivity contribution in [1.29, 1.82) is 5.26 Å². The maximum Gasteiger partial charge on any atom is 0.323 e. The molecule has 0 amide bonds. The van der Waals surface area contributed by atoms with Crippen LogP contribution in [-0.4, -0.2) is 49.5 Å². The molecule has 1 unspecified atom stereocenters. The van der Waals surface area contributed by atoms with Crippen molar-refractivity contribution in [2.45, 2.75) is 17.4 Å². The van der Waals surface area contributed by atoms with Crippen LogP contribution in [0.3, 0.4) is 0 Å². The molecule has 1 heterocycles. The third kappa shape index (κ3) is 3.21. The molecule has 0 spiro atoms. The molecule has 2 N–H and O–H groups in total. The summed E-state index contributed by atoms with van der Waals surface area (Å²) in [7, 11) is -3.86. The van der Waals surface area contributed by atoms with Gasteiger partial charge in [-0.2, -0.15) is 9.57 Å². The van der Waals surface area contributed by atoms with E-state index in [4.69, 9.17) is 10.4 Å².